The van der Waals surface area contributed by atoms with Gasteiger partial charge in [-0.3, -0.25) is 0 Å². The van der Waals surface area contributed by atoms with Crippen LogP contribution in [0.3, 0.4) is 0 Å². The molecule has 0 aliphatic carbocycles. The second-order valence-electron chi connectivity index (χ2n) is 2.14. The van der Waals surface area contributed by atoms with E-state index in [1.165, 1.54) is 24.3 Å². The van der Waals surface area contributed by atoms with Crippen LogP contribution in [0.2, 0.25) is 0 Å². The average Bonchev–Trinajstić information content (AvgIpc) is 1.97. The van der Waals surface area contributed by atoms with Crippen LogP contribution in [0.15, 0.2) is 24.3 Å². The van der Waals surface area contributed by atoms with Gasteiger partial charge in [0.2, 0.25) is 0 Å². The van der Waals surface area contributed by atoms with Crippen molar-refractivity contribution in [3.8, 4) is 0 Å². The molecule has 0 aromatic heterocycles. The summed E-state index contributed by atoms with van der Waals surface area (Å²) in [7, 11) is 0. The first-order valence-corrected chi connectivity index (χ1v) is 3.32. The van der Waals surface area contributed by atoms with E-state index in [0.717, 1.165) is 0 Å². The Hall–Kier alpha value is -1.18. The summed E-state index contributed by atoms with van der Waals surface area (Å²) in [5.74, 6) is -1.05. The Bertz CT molecular complexity index is 257. The summed E-state index contributed by atoms with van der Waals surface area (Å²) in [4.78, 5) is 0. The van der Waals surface area contributed by atoms with E-state index >= 15 is 0 Å². The zero-order valence-corrected chi connectivity index (χ0v) is 6.14. The molecule has 0 aliphatic heterocycles. The molecule has 0 amide bonds. The molecular formula is C9H8F2. The minimum absolute atomic E-state index is 0.0231. The Kier molecular flexibility index (Phi) is 2.36. The van der Waals surface area contributed by atoms with E-state index in [2.05, 4.69) is 0 Å². The summed E-state index contributed by atoms with van der Waals surface area (Å²) in [5.41, 5.74) is 0.0231. The molecule has 0 spiro atoms. The van der Waals surface area contributed by atoms with Crippen LogP contribution in [0.25, 0.3) is 6.08 Å². The van der Waals surface area contributed by atoms with Crippen LogP contribution in [0.5, 0.6) is 0 Å². The molecule has 1 aromatic rings. The van der Waals surface area contributed by atoms with Crippen LogP contribution >= 0.6 is 0 Å². The van der Waals surface area contributed by atoms with Gasteiger partial charge < -0.3 is 0 Å². The van der Waals surface area contributed by atoms with Gasteiger partial charge in [0.25, 0.3) is 0 Å². The number of benzene rings is 1. The summed E-state index contributed by atoms with van der Waals surface area (Å²) >= 11 is 0. The monoisotopic (exact) mass is 154 g/mol. The molecule has 1 rings (SSSR count). The van der Waals surface area contributed by atoms with E-state index in [0.29, 0.717) is 0 Å². The van der Waals surface area contributed by atoms with Gasteiger partial charge in [-0.25, -0.2) is 8.78 Å². The van der Waals surface area contributed by atoms with Gasteiger partial charge in [-0.15, -0.1) is 0 Å². The first-order chi connectivity index (χ1) is 5.25. The van der Waals surface area contributed by atoms with Crippen LogP contribution in [-0.2, 0) is 0 Å². The van der Waals surface area contributed by atoms with E-state index < -0.39 is 11.6 Å². The van der Waals surface area contributed by atoms with Gasteiger partial charge in [0.05, 0.1) is 0 Å². The van der Waals surface area contributed by atoms with Crippen LogP contribution in [0.4, 0.5) is 8.78 Å². The van der Waals surface area contributed by atoms with Crippen molar-refractivity contribution in [3.05, 3.63) is 41.5 Å². The fourth-order valence-corrected chi connectivity index (χ4v) is 0.837. The summed E-state index contributed by atoms with van der Waals surface area (Å²) in [6.07, 6.45) is 3.01. The van der Waals surface area contributed by atoms with E-state index in [1.807, 2.05) is 0 Å². The lowest BCUT2D eigenvalue weighted by Crippen LogP contribution is -1.86. The lowest BCUT2D eigenvalue weighted by molar-refractivity contribution is 0.578. The average molecular weight is 154 g/mol. The van der Waals surface area contributed by atoms with Crippen molar-refractivity contribution < 1.29 is 8.78 Å². The Balaban J connectivity index is 3.20. The lowest BCUT2D eigenvalue weighted by atomic mass is 10.2. The lowest BCUT2D eigenvalue weighted by Gasteiger charge is -1.96. The van der Waals surface area contributed by atoms with E-state index in [-0.39, 0.29) is 5.56 Å². The molecule has 0 radical (unpaired) electrons. The van der Waals surface area contributed by atoms with Gasteiger partial charge in [-0.05, 0) is 19.1 Å². The van der Waals surface area contributed by atoms with Crippen molar-refractivity contribution in [1.29, 1.82) is 0 Å². The largest absolute Gasteiger partial charge is 0.206 e. The van der Waals surface area contributed by atoms with Crippen molar-refractivity contribution in [2.45, 2.75) is 6.92 Å². The molecule has 0 unspecified atom stereocenters. The maximum Gasteiger partial charge on any atom is 0.133 e. The molecule has 2 heteroatoms. The highest BCUT2D eigenvalue weighted by atomic mass is 19.1. The molecule has 0 saturated carbocycles. The maximum absolute atomic E-state index is 12.7. The molecule has 0 bridgehead atoms. The number of hydrogen-bond acceptors (Lipinski definition) is 0. The Labute approximate surface area is 64.2 Å². The second-order valence-corrected chi connectivity index (χ2v) is 2.14. The summed E-state index contributed by atoms with van der Waals surface area (Å²) in [6, 6.07) is 3.81. The Morgan fingerprint density at radius 2 is 1.73 bits per heavy atom. The fraction of sp³-hybridized carbons (Fsp3) is 0.111. The quantitative estimate of drug-likeness (QED) is 0.583. The van der Waals surface area contributed by atoms with Gasteiger partial charge in [0.1, 0.15) is 11.6 Å². The van der Waals surface area contributed by atoms with Crippen LogP contribution in [0.1, 0.15) is 12.5 Å². The number of halogens is 2. The summed E-state index contributed by atoms with van der Waals surface area (Å²) in [5, 5.41) is 0. The molecule has 0 fully saturated rings. The highest BCUT2D eigenvalue weighted by Gasteiger charge is 2.02. The standard InChI is InChI=1S/C9H8F2/c1-2-4-7-8(10)5-3-6-9(7)11/h2-6H,1H3/b4-2-. The van der Waals surface area contributed by atoms with Crippen LogP contribution in [0, 0.1) is 11.6 Å². The molecule has 58 valence electrons. The molecule has 0 heterocycles. The van der Waals surface area contributed by atoms with Crippen molar-refractivity contribution in [2.75, 3.05) is 0 Å². The maximum atomic E-state index is 12.7. The smallest absolute Gasteiger partial charge is 0.133 e. The highest BCUT2D eigenvalue weighted by Crippen LogP contribution is 2.12. The van der Waals surface area contributed by atoms with E-state index in [4.69, 9.17) is 0 Å². The zero-order chi connectivity index (χ0) is 8.27. The topological polar surface area (TPSA) is 0 Å². The van der Waals surface area contributed by atoms with E-state index in [1.54, 1.807) is 13.0 Å². The molecule has 11 heavy (non-hydrogen) atoms. The van der Waals surface area contributed by atoms with Gasteiger partial charge in [0, 0.05) is 5.56 Å². The third-order valence-electron chi connectivity index (χ3n) is 1.33. The third-order valence-corrected chi connectivity index (χ3v) is 1.33. The fourth-order valence-electron chi connectivity index (χ4n) is 0.837. The van der Waals surface area contributed by atoms with Crippen molar-refractivity contribution >= 4 is 6.08 Å². The first kappa shape index (κ1) is 7.92. The Morgan fingerprint density at radius 1 is 1.18 bits per heavy atom. The van der Waals surface area contributed by atoms with Gasteiger partial charge in [-0.1, -0.05) is 18.2 Å². The minimum atomic E-state index is -0.525. The number of allylic oxidation sites excluding steroid dienone is 1. The predicted octanol–water partition coefficient (Wildman–Crippen LogP) is 3.00. The van der Waals surface area contributed by atoms with Crippen LogP contribution < -0.4 is 0 Å². The van der Waals surface area contributed by atoms with Gasteiger partial charge in [-0.2, -0.15) is 0 Å². The first-order valence-electron chi connectivity index (χ1n) is 3.32. The molecule has 0 nitrogen and oxygen atoms in total. The molecule has 1 aromatic carbocycles. The minimum Gasteiger partial charge on any atom is -0.206 e. The molecule has 0 saturated heterocycles. The number of hydrogen-bond donors (Lipinski definition) is 0. The normalized spacial score (nSPS) is 10.8. The molecule has 0 aliphatic rings. The SMILES string of the molecule is C/C=C\c1c(F)cccc1F. The second kappa shape index (κ2) is 3.28. The molecular weight excluding hydrogens is 146 g/mol. The van der Waals surface area contributed by atoms with Crippen LogP contribution in [-0.4, -0.2) is 0 Å². The zero-order valence-electron chi connectivity index (χ0n) is 6.14. The third kappa shape index (κ3) is 1.64. The summed E-state index contributed by atoms with van der Waals surface area (Å²) < 4.78 is 25.5. The highest BCUT2D eigenvalue weighted by molar-refractivity contribution is 5.50. The van der Waals surface area contributed by atoms with Crippen molar-refractivity contribution in [3.63, 3.8) is 0 Å². The summed E-state index contributed by atoms with van der Waals surface area (Å²) in [6.45, 7) is 1.71. The van der Waals surface area contributed by atoms with Gasteiger partial charge >= 0.3 is 0 Å². The van der Waals surface area contributed by atoms with Crippen molar-refractivity contribution in [1.82, 2.24) is 0 Å². The molecule has 0 N–H and O–H groups in total. The molecule has 0 atom stereocenters. The van der Waals surface area contributed by atoms with E-state index in [9.17, 15) is 8.78 Å². The van der Waals surface area contributed by atoms with Crippen molar-refractivity contribution in [2.24, 2.45) is 0 Å². The Morgan fingerprint density at radius 3 is 2.18 bits per heavy atom. The number of rotatable bonds is 1. The predicted molar refractivity (Wildman–Crippen MR) is 41.1 cm³/mol. The van der Waals surface area contributed by atoms with Gasteiger partial charge in [0.15, 0.2) is 0 Å².